The van der Waals surface area contributed by atoms with E-state index >= 15 is 0 Å². The van der Waals surface area contributed by atoms with Crippen LogP contribution in [0.15, 0.2) is 47.8 Å². The number of benzene rings is 1. The second-order valence-electron chi connectivity index (χ2n) is 7.41. The molecule has 4 rings (SSSR count). The summed E-state index contributed by atoms with van der Waals surface area (Å²) in [5.41, 5.74) is 1.92. The number of nitrogens with zero attached hydrogens (tertiary/aromatic N) is 4. The van der Waals surface area contributed by atoms with E-state index in [1.54, 1.807) is 29.9 Å². The van der Waals surface area contributed by atoms with Crippen LogP contribution in [0.1, 0.15) is 20.2 Å². The van der Waals surface area contributed by atoms with E-state index in [-0.39, 0.29) is 17.6 Å². The maximum absolute atomic E-state index is 13.2. The molecule has 0 unspecified atom stereocenters. The van der Waals surface area contributed by atoms with Gasteiger partial charge >= 0.3 is 0 Å². The molecule has 2 amide bonds. The van der Waals surface area contributed by atoms with Crippen LogP contribution in [-0.2, 0) is 7.05 Å². The van der Waals surface area contributed by atoms with Gasteiger partial charge in [-0.15, -0.1) is 11.3 Å². The largest absolute Gasteiger partial charge is 0.350 e. The van der Waals surface area contributed by atoms with E-state index in [0.29, 0.717) is 35.9 Å². The molecule has 0 spiro atoms. The fourth-order valence-corrected chi connectivity index (χ4v) is 4.23. The molecule has 1 saturated heterocycles. The molecule has 3 aromatic rings. The van der Waals surface area contributed by atoms with Crippen LogP contribution < -0.4 is 5.32 Å². The van der Waals surface area contributed by atoms with E-state index in [4.69, 9.17) is 0 Å². The summed E-state index contributed by atoms with van der Waals surface area (Å²) in [6.07, 6.45) is 0. The average molecular weight is 442 g/mol. The Hall–Kier alpha value is -3.04. The van der Waals surface area contributed by atoms with Gasteiger partial charge in [0.05, 0.1) is 10.6 Å². The molecule has 0 atom stereocenters. The molecule has 9 heteroatoms. The zero-order valence-electron chi connectivity index (χ0n) is 17.3. The second kappa shape index (κ2) is 9.40. The molecule has 1 aliphatic rings. The van der Waals surface area contributed by atoms with Crippen molar-refractivity contribution in [2.24, 2.45) is 7.05 Å². The van der Waals surface area contributed by atoms with Crippen molar-refractivity contribution in [3.63, 3.8) is 0 Å². The monoisotopic (exact) mass is 441 g/mol. The van der Waals surface area contributed by atoms with Gasteiger partial charge in [0.25, 0.3) is 11.8 Å². The highest BCUT2D eigenvalue weighted by Crippen LogP contribution is 2.20. The molecule has 7 nitrogen and oxygen atoms in total. The molecule has 0 aliphatic carbocycles. The van der Waals surface area contributed by atoms with Crippen LogP contribution in [0.4, 0.5) is 4.39 Å². The smallest absolute Gasteiger partial charge is 0.272 e. The third-order valence-corrected chi connectivity index (χ3v) is 6.23. The number of hydrogen-bond acceptors (Lipinski definition) is 5. The molecular formula is C22H24FN5O2S. The first kappa shape index (κ1) is 21.2. The summed E-state index contributed by atoms with van der Waals surface area (Å²) in [6.45, 7) is 4.07. The summed E-state index contributed by atoms with van der Waals surface area (Å²) < 4.78 is 14.7. The van der Waals surface area contributed by atoms with Gasteiger partial charge < -0.3 is 10.2 Å². The van der Waals surface area contributed by atoms with E-state index < -0.39 is 0 Å². The van der Waals surface area contributed by atoms with Gasteiger partial charge in [0.2, 0.25) is 0 Å². The number of thiophene rings is 1. The van der Waals surface area contributed by atoms with Gasteiger partial charge in [0, 0.05) is 51.9 Å². The number of aromatic nitrogens is 2. The normalized spacial score (nSPS) is 14.6. The number of piperazine rings is 1. The van der Waals surface area contributed by atoms with Gasteiger partial charge in [-0.25, -0.2) is 4.39 Å². The first-order chi connectivity index (χ1) is 15.0. The number of carbonyl (C=O) groups excluding carboxylic acids is 2. The van der Waals surface area contributed by atoms with E-state index in [0.717, 1.165) is 25.2 Å². The maximum Gasteiger partial charge on any atom is 0.272 e. The predicted molar refractivity (Wildman–Crippen MR) is 118 cm³/mol. The molecule has 3 heterocycles. The Balaban J connectivity index is 1.28. The Kier molecular flexibility index (Phi) is 6.43. The first-order valence-electron chi connectivity index (χ1n) is 10.1. The van der Waals surface area contributed by atoms with Crippen molar-refractivity contribution >= 4 is 23.2 Å². The highest BCUT2D eigenvalue weighted by molar-refractivity contribution is 7.12. The van der Waals surface area contributed by atoms with E-state index in [9.17, 15) is 14.0 Å². The van der Waals surface area contributed by atoms with E-state index in [1.807, 2.05) is 22.4 Å². The van der Waals surface area contributed by atoms with Crippen LogP contribution in [0.25, 0.3) is 11.3 Å². The molecule has 2 aromatic heterocycles. The topological polar surface area (TPSA) is 70.5 Å². The van der Waals surface area contributed by atoms with Gasteiger partial charge in [-0.05, 0) is 41.8 Å². The minimum atomic E-state index is -0.306. The Morgan fingerprint density at radius 3 is 2.55 bits per heavy atom. The summed E-state index contributed by atoms with van der Waals surface area (Å²) in [4.78, 5) is 29.8. The number of hydrogen-bond donors (Lipinski definition) is 1. The van der Waals surface area contributed by atoms with Crippen LogP contribution in [-0.4, -0.2) is 70.7 Å². The lowest BCUT2D eigenvalue weighted by Gasteiger charge is -2.34. The molecule has 1 fully saturated rings. The standard InChI is InChI=1S/C22H24FN5O2S/c1-26-19(15-18(25-26)16-4-6-17(23)7-5-16)22(30)28-12-10-27(11-13-28)9-8-24-21(29)20-3-2-14-31-20/h2-7,14-15H,8-13H2,1H3,(H,24,29). The summed E-state index contributed by atoms with van der Waals surface area (Å²) in [6, 6.07) is 11.5. The average Bonchev–Trinajstić information content (AvgIpc) is 3.44. The lowest BCUT2D eigenvalue weighted by atomic mass is 10.1. The highest BCUT2D eigenvalue weighted by Gasteiger charge is 2.25. The molecule has 1 N–H and O–H groups in total. The first-order valence-corrected chi connectivity index (χ1v) is 11.0. The SMILES string of the molecule is Cn1nc(-c2ccc(F)cc2)cc1C(=O)N1CCN(CCNC(=O)c2cccs2)CC1. The summed E-state index contributed by atoms with van der Waals surface area (Å²) in [5.74, 6) is -0.411. The minimum absolute atomic E-state index is 0.0445. The third-order valence-electron chi connectivity index (χ3n) is 5.36. The fourth-order valence-electron chi connectivity index (χ4n) is 3.59. The van der Waals surface area contributed by atoms with Crippen LogP contribution in [0, 0.1) is 5.82 Å². The fraction of sp³-hybridized carbons (Fsp3) is 0.318. The number of halogens is 1. The van der Waals surface area contributed by atoms with Gasteiger partial charge in [-0.2, -0.15) is 5.10 Å². The Labute approximate surface area is 184 Å². The number of amides is 2. The van der Waals surface area contributed by atoms with Crippen molar-refractivity contribution in [1.82, 2.24) is 24.9 Å². The Morgan fingerprint density at radius 1 is 1.13 bits per heavy atom. The van der Waals surface area contributed by atoms with Gasteiger partial charge in [0.15, 0.2) is 0 Å². The van der Waals surface area contributed by atoms with Crippen molar-refractivity contribution in [2.45, 2.75) is 0 Å². The maximum atomic E-state index is 13.2. The lowest BCUT2D eigenvalue weighted by molar-refractivity contribution is 0.0627. The number of carbonyl (C=O) groups is 2. The van der Waals surface area contributed by atoms with Gasteiger partial charge in [-0.3, -0.25) is 19.2 Å². The molecule has 1 aromatic carbocycles. The molecular weight excluding hydrogens is 417 g/mol. The molecule has 0 saturated carbocycles. The van der Waals surface area contributed by atoms with Crippen molar-refractivity contribution in [1.29, 1.82) is 0 Å². The van der Waals surface area contributed by atoms with Crippen molar-refractivity contribution in [3.8, 4) is 11.3 Å². The summed E-state index contributed by atoms with van der Waals surface area (Å²) in [5, 5.41) is 9.24. The van der Waals surface area contributed by atoms with Gasteiger partial charge in [0.1, 0.15) is 11.5 Å². The number of aryl methyl sites for hydroxylation is 1. The van der Waals surface area contributed by atoms with Crippen LogP contribution in [0.5, 0.6) is 0 Å². The van der Waals surface area contributed by atoms with Crippen LogP contribution in [0.3, 0.4) is 0 Å². The molecule has 1 aliphatic heterocycles. The Morgan fingerprint density at radius 2 is 1.87 bits per heavy atom. The zero-order chi connectivity index (χ0) is 21.8. The van der Waals surface area contributed by atoms with Crippen molar-refractivity contribution < 1.29 is 14.0 Å². The molecule has 0 radical (unpaired) electrons. The van der Waals surface area contributed by atoms with Crippen molar-refractivity contribution in [2.75, 3.05) is 39.3 Å². The quantitative estimate of drug-likeness (QED) is 0.638. The van der Waals surface area contributed by atoms with Crippen molar-refractivity contribution in [3.05, 3.63) is 64.2 Å². The predicted octanol–water partition coefficient (Wildman–Crippen LogP) is 2.48. The number of nitrogens with one attached hydrogen (secondary N) is 1. The second-order valence-corrected chi connectivity index (χ2v) is 8.36. The highest BCUT2D eigenvalue weighted by atomic mass is 32.1. The zero-order valence-corrected chi connectivity index (χ0v) is 18.1. The van der Waals surface area contributed by atoms with E-state index in [1.165, 1.54) is 23.5 Å². The molecule has 0 bridgehead atoms. The lowest BCUT2D eigenvalue weighted by Crippen LogP contribution is -2.50. The van der Waals surface area contributed by atoms with E-state index in [2.05, 4.69) is 15.3 Å². The van der Waals surface area contributed by atoms with Crippen LogP contribution in [0.2, 0.25) is 0 Å². The molecule has 162 valence electrons. The minimum Gasteiger partial charge on any atom is -0.350 e. The Bertz CT molecular complexity index is 1040. The number of rotatable bonds is 6. The van der Waals surface area contributed by atoms with Crippen LogP contribution >= 0.6 is 11.3 Å². The van der Waals surface area contributed by atoms with Gasteiger partial charge in [-0.1, -0.05) is 6.07 Å². The molecule has 31 heavy (non-hydrogen) atoms. The summed E-state index contributed by atoms with van der Waals surface area (Å²) >= 11 is 1.43. The summed E-state index contributed by atoms with van der Waals surface area (Å²) in [7, 11) is 1.74. The third kappa shape index (κ3) is 5.00.